The number of hydrogen-bond acceptors (Lipinski definition) is 2. The van der Waals surface area contributed by atoms with E-state index in [1.165, 1.54) is 0 Å². The Morgan fingerprint density at radius 2 is 2.18 bits per heavy atom. The summed E-state index contributed by atoms with van der Waals surface area (Å²) in [7, 11) is 3.93. The Kier molecular flexibility index (Phi) is 2.26. The first-order valence-electron chi connectivity index (χ1n) is 3.51. The van der Waals surface area contributed by atoms with Gasteiger partial charge in [0, 0.05) is 14.1 Å². The minimum Gasteiger partial charge on any atom is -0.363 e. The van der Waals surface area contributed by atoms with E-state index in [1.807, 2.05) is 37.2 Å². The van der Waals surface area contributed by atoms with E-state index in [2.05, 4.69) is 11.6 Å². The smallest absolute Gasteiger partial charge is 0.128 e. The summed E-state index contributed by atoms with van der Waals surface area (Å²) in [4.78, 5) is 6.26. The molecule has 58 valence electrons. The highest BCUT2D eigenvalue weighted by Gasteiger charge is 1.94. The first kappa shape index (κ1) is 7.79. The van der Waals surface area contributed by atoms with Gasteiger partial charge in [0.05, 0.1) is 5.69 Å². The Bertz CT molecular complexity index is 253. The largest absolute Gasteiger partial charge is 0.363 e. The molecule has 1 rings (SSSR count). The van der Waals surface area contributed by atoms with Gasteiger partial charge in [-0.25, -0.2) is 4.98 Å². The Morgan fingerprint density at radius 3 is 2.73 bits per heavy atom. The predicted octanol–water partition coefficient (Wildman–Crippen LogP) is 1.79. The van der Waals surface area contributed by atoms with Crippen molar-refractivity contribution >= 4 is 11.9 Å². The van der Waals surface area contributed by atoms with Crippen LogP contribution in [0.15, 0.2) is 24.8 Å². The molecule has 0 bridgehead atoms. The first-order valence-corrected chi connectivity index (χ1v) is 3.51. The summed E-state index contributed by atoms with van der Waals surface area (Å²) in [6, 6.07) is 5.87. The maximum absolute atomic E-state index is 4.30. The zero-order valence-electron chi connectivity index (χ0n) is 6.91. The monoisotopic (exact) mass is 148 g/mol. The molecule has 1 heterocycles. The van der Waals surface area contributed by atoms with Crippen LogP contribution >= 0.6 is 0 Å². The highest BCUT2D eigenvalue weighted by molar-refractivity contribution is 5.47. The van der Waals surface area contributed by atoms with E-state index in [9.17, 15) is 0 Å². The van der Waals surface area contributed by atoms with Gasteiger partial charge in [0.1, 0.15) is 5.82 Å². The van der Waals surface area contributed by atoms with Crippen LogP contribution in [-0.2, 0) is 0 Å². The van der Waals surface area contributed by atoms with E-state index in [4.69, 9.17) is 0 Å². The van der Waals surface area contributed by atoms with Crippen molar-refractivity contribution in [1.29, 1.82) is 0 Å². The fourth-order valence-electron chi connectivity index (χ4n) is 0.802. The molecule has 0 amide bonds. The average Bonchev–Trinajstić information content (AvgIpc) is 2.05. The first-order chi connectivity index (χ1) is 5.24. The van der Waals surface area contributed by atoms with E-state index in [1.54, 1.807) is 6.08 Å². The van der Waals surface area contributed by atoms with Gasteiger partial charge in [0.2, 0.25) is 0 Å². The summed E-state index contributed by atoms with van der Waals surface area (Å²) >= 11 is 0. The predicted molar refractivity (Wildman–Crippen MR) is 48.7 cm³/mol. The minimum atomic E-state index is 0.913. The van der Waals surface area contributed by atoms with Crippen LogP contribution in [0.2, 0.25) is 0 Å². The normalized spacial score (nSPS) is 9.27. The van der Waals surface area contributed by atoms with Crippen LogP contribution in [-0.4, -0.2) is 19.1 Å². The zero-order chi connectivity index (χ0) is 8.27. The van der Waals surface area contributed by atoms with Crippen LogP contribution in [0.1, 0.15) is 5.69 Å². The van der Waals surface area contributed by atoms with Crippen LogP contribution in [0.5, 0.6) is 0 Å². The maximum atomic E-state index is 4.30. The molecule has 0 aliphatic heterocycles. The molecule has 0 aliphatic carbocycles. The Balaban J connectivity index is 3.00. The molecule has 0 spiro atoms. The molecule has 0 N–H and O–H groups in total. The zero-order valence-corrected chi connectivity index (χ0v) is 6.91. The van der Waals surface area contributed by atoms with E-state index in [0.29, 0.717) is 0 Å². The lowest BCUT2D eigenvalue weighted by atomic mass is 10.3. The average molecular weight is 148 g/mol. The number of nitrogens with zero attached hydrogens (tertiary/aromatic N) is 2. The quantitative estimate of drug-likeness (QED) is 0.635. The molecule has 2 heteroatoms. The van der Waals surface area contributed by atoms with E-state index in [-0.39, 0.29) is 0 Å². The highest BCUT2D eigenvalue weighted by Crippen LogP contribution is 2.07. The van der Waals surface area contributed by atoms with Crippen molar-refractivity contribution < 1.29 is 0 Å². The summed E-state index contributed by atoms with van der Waals surface area (Å²) in [6.07, 6.45) is 1.74. The lowest BCUT2D eigenvalue weighted by molar-refractivity contribution is 1.06. The number of rotatable bonds is 2. The van der Waals surface area contributed by atoms with Crippen molar-refractivity contribution in [2.75, 3.05) is 19.0 Å². The van der Waals surface area contributed by atoms with Gasteiger partial charge in [0.15, 0.2) is 0 Å². The summed E-state index contributed by atoms with van der Waals surface area (Å²) in [6.45, 7) is 3.65. The van der Waals surface area contributed by atoms with Crippen LogP contribution < -0.4 is 4.90 Å². The van der Waals surface area contributed by atoms with Gasteiger partial charge in [-0.05, 0) is 18.2 Å². The number of aromatic nitrogens is 1. The Labute approximate surface area is 67.2 Å². The molecule has 1 aromatic rings. The van der Waals surface area contributed by atoms with Crippen molar-refractivity contribution in [3.63, 3.8) is 0 Å². The fraction of sp³-hybridized carbons (Fsp3) is 0.222. The lowest BCUT2D eigenvalue weighted by Gasteiger charge is -2.10. The molecular weight excluding hydrogens is 136 g/mol. The maximum Gasteiger partial charge on any atom is 0.128 e. The van der Waals surface area contributed by atoms with Crippen molar-refractivity contribution in [2.45, 2.75) is 0 Å². The third kappa shape index (κ3) is 1.80. The van der Waals surface area contributed by atoms with Crippen molar-refractivity contribution in [3.05, 3.63) is 30.5 Å². The molecule has 0 aliphatic rings. The minimum absolute atomic E-state index is 0.913. The molecule has 0 atom stereocenters. The Morgan fingerprint density at radius 1 is 1.45 bits per heavy atom. The van der Waals surface area contributed by atoms with E-state index >= 15 is 0 Å². The SMILES string of the molecule is C=Cc1cccc(N(C)C)n1. The van der Waals surface area contributed by atoms with E-state index < -0.39 is 0 Å². The van der Waals surface area contributed by atoms with Gasteiger partial charge < -0.3 is 4.90 Å². The molecule has 0 saturated heterocycles. The molecule has 2 nitrogen and oxygen atoms in total. The lowest BCUT2D eigenvalue weighted by Crippen LogP contribution is -2.10. The van der Waals surface area contributed by atoms with Crippen LogP contribution in [0, 0.1) is 0 Å². The standard InChI is InChI=1S/C9H12N2/c1-4-8-6-5-7-9(10-8)11(2)3/h4-7H,1H2,2-3H3. The summed E-state index contributed by atoms with van der Waals surface area (Å²) < 4.78 is 0. The fourth-order valence-corrected chi connectivity index (χ4v) is 0.802. The number of hydrogen-bond donors (Lipinski definition) is 0. The molecule has 11 heavy (non-hydrogen) atoms. The topological polar surface area (TPSA) is 16.1 Å². The van der Waals surface area contributed by atoms with Gasteiger partial charge in [-0.2, -0.15) is 0 Å². The molecular formula is C9H12N2. The van der Waals surface area contributed by atoms with Gasteiger partial charge in [-0.1, -0.05) is 12.6 Å². The van der Waals surface area contributed by atoms with Crippen LogP contribution in [0.4, 0.5) is 5.82 Å². The molecule has 0 aromatic carbocycles. The molecule has 0 unspecified atom stereocenters. The third-order valence-corrected chi connectivity index (χ3v) is 1.42. The highest BCUT2D eigenvalue weighted by atomic mass is 15.1. The second-order valence-electron chi connectivity index (χ2n) is 2.52. The van der Waals surface area contributed by atoms with Gasteiger partial charge >= 0.3 is 0 Å². The summed E-state index contributed by atoms with van der Waals surface area (Å²) in [5.41, 5.74) is 0.913. The van der Waals surface area contributed by atoms with Crippen LogP contribution in [0.25, 0.3) is 6.08 Å². The second-order valence-corrected chi connectivity index (χ2v) is 2.52. The molecule has 0 radical (unpaired) electrons. The molecule has 0 saturated carbocycles. The number of anilines is 1. The van der Waals surface area contributed by atoms with Crippen LogP contribution in [0.3, 0.4) is 0 Å². The van der Waals surface area contributed by atoms with Gasteiger partial charge in [-0.15, -0.1) is 0 Å². The van der Waals surface area contributed by atoms with E-state index in [0.717, 1.165) is 11.5 Å². The van der Waals surface area contributed by atoms with Gasteiger partial charge in [-0.3, -0.25) is 0 Å². The van der Waals surface area contributed by atoms with Crippen molar-refractivity contribution in [3.8, 4) is 0 Å². The number of pyridine rings is 1. The van der Waals surface area contributed by atoms with Gasteiger partial charge in [0.25, 0.3) is 0 Å². The molecule has 0 fully saturated rings. The van der Waals surface area contributed by atoms with Crippen molar-refractivity contribution in [1.82, 2.24) is 4.98 Å². The second kappa shape index (κ2) is 3.19. The third-order valence-electron chi connectivity index (χ3n) is 1.42. The van der Waals surface area contributed by atoms with Crippen molar-refractivity contribution in [2.24, 2.45) is 0 Å². The molecule has 1 aromatic heterocycles. The summed E-state index contributed by atoms with van der Waals surface area (Å²) in [5, 5.41) is 0. The Hall–Kier alpha value is -1.31. The summed E-state index contributed by atoms with van der Waals surface area (Å²) in [5.74, 6) is 0.961.